The highest BCUT2D eigenvalue weighted by Gasteiger charge is 2.12. The number of halogens is 1. The lowest BCUT2D eigenvalue weighted by atomic mass is 10.2. The van der Waals surface area contributed by atoms with Gasteiger partial charge in [-0.05, 0) is 30.3 Å². The number of nitrogens with one attached hydrogen (secondary N) is 2. The summed E-state index contributed by atoms with van der Waals surface area (Å²) in [6.45, 7) is 6.37. The predicted octanol–water partition coefficient (Wildman–Crippen LogP) is 2.87. The maximum atomic E-state index is 14.1. The van der Waals surface area contributed by atoms with Gasteiger partial charge in [0.2, 0.25) is 0 Å². The minimum atomic E-state index is -0.313. The van der Waals surface area contributed by atoms with E-state index in [0.29, 0.717) is 28.3 Å². The van der Waals surface area contributed by atoms with Crippen molar-refractivity contribution in [3.8, 4) is 0 Å². The van der Waals surface area contributed by atoms with Crippen molar-refractivity contribution in [3.63, 3.8) is 0 Å². The van der Waals surface area contributed by atoms with Gasteiger partial charge >= 0.3 is 0 Å². The first-order valence-corrected chi connectivity index (χ1v) is 7.54. The van der Waals surface area contributed by atoms with Crippen LogP contribution in [0.3, 0.4) is 0 Å². The summed E-state index contributed by atoms with van der Waals surface area (Å²) in [4.78, 5) is 18.8. The van der Waals surface area contributed by atoms with Crippen molar-refractivity contribution < 1.29 is 4.39 Å². The highest BCUT2D eigenvalue weighted by atomic mass is 32.2. The molecule has 0 spiro atoms. The molecule has 0 bridgehead atoms. The molecule has 0 fully saturated rings. The van der Waals surface area contributed by atoms with Crippen LogP contribution in [0.15, 0.2) is 39.1 Å². The third kappa shape index (κ3) is 4.41. The molecule has 112 valence electrons. The highest BCUT2D eigenvalue weighted by Crippen LogP contribution is 2.30. The molecule has 4 nitrogen and oxygen atoms in total. The second-order valence-electron chi connectivity index (χ2n) is 5.06. The van der Waals surface area contributed by atoms with Crippen LogP contribution in [0.2, 0.25) is 0 Å². The molecule has 0 atom stereocenters. The molecule has 0 aliphatic carbocycles. The van der Waals surface area contributed by atoms with E-state index in [9.17, 15) is 9.18 Å². The fraction of sp³-hybridized carbons (Fsp3) is 0.333. The van der Waals surface area contributed by atoms with Crippen molar-refractivity contribution in [3.05, 3.63) is 51.7 Å². The third-order valence-corrected chi connectivity index (χ3v) is 3.84. The van der Waals surface area contributed by atoms with E-state index in [1.54, 1.807) is 13.0 Å². The molecule has 0 unspecified atom stereocenters. The molecule has 1 aromatic heterocycles. The Morgan fingerprint density at radius 2 is 2.19 bits per heavy atom. The van der Waals surface area contributed by atoms with Crippen molar-refractivity contribution in [1.29, 1.82) is 0 Å². The highest BCUT2D eigenvalue weighted by molar-refractivity contribution is 7.99. The summed E-state index contributed by atoms with van der Waals surface area (Å²) in [6.07, 6.45) is 0. The monoisotopic (exact) mass is 307 g/mol. The van der Waals surface area contributed by atoms with Crippen LogP contribution in [0.1, 0.15) is 25.1 Å². The zero-order chi connectivity index (χ0) is 15.4. The molecule has 0 radical (unpaired) electrons. The zero-order valence-corrected chi connectivity index (χ0v) is 13.1. The second kappa shape index (κ2) is 6.87. The number of benzene rings is 1. The molecule has 2 rings (SSSR count). The van der Waals surface area contributed by atoms with E-state index in [0.717, 1.165) is 17.3 Å². The lowest BCUT2D eigenvalue weighted by Gasteiger charge is -2.12. The van der Waals surface area contributed by atoms with Gasteiger partial charge in [0.15, 0.2) is 5.16 Å². The van der Waals surface area contributed by atoms with Crippen molar-refractivity contribution in [2.24, 2.45) is 0 Å². The number of aromatic nitrogens is 2. The largest absolute Gasteiger partial charge is 0.310 e. The van der Waals surface area contributed by atoms with Crippen molar-refractivity contribution in [1.82, 2.24) is 15.3 Å². The quantitative estimate of drug-likeness (QED) is 0.834. The lowest BCUT2D eigenvalue weighted by Crippen LogP contribution is -2.22. The summed E-state index contributed by atoms with van der Waals surface area (Å²) in [7, 11) is 0. The van der Waals surface area contributed by atoms with E-state index < -0.39 is 0 Å². The van der Waals surface area contributed by atoms with Gasteiger partial charge in [0, 0.05) is 24.3 Å². The fourth-order valence-electron chi connectivity index (χ4n) is 1.82. The van der Waals surface area contributed by atoms with E-state index in [-0.39, 0.29) is 11.4 Å². The molecule has 1 heterocycles. The van der Waals surface area contributed by atoms with Crippen molar-refractivity contribution in [2.75, 3.05) is 0 Å². The molecule has 0 saturated heterocycles. The second-order valence-corrected chi connectivity index (χ2v) is 6.06. The van der Waals surface area contributed by atoms with Crippen LogP contribution in [-0.4, -0.2) is 16.0 Å². The molecule has 2 N–H and O–H groups in total. The summed E-state index contributed by atoms with van der Waals surface area (Å²) in [5.74, 6) is -0.313. The Bertz CT molecular complexity index is 685. The van der Waals surface area contributed by atoms with Gasteiger partial charge in [0.1, 0.15) is 5.82 Å². The van der Waals surface area contributed by atoms with Crippen LogP contribution in [0.25, 0.3) is 0 Å². The van der Waals surface area contributed by atoms with Gasteiger partial charge in [0.05, 0.1) is 4.90 Å². The van der Waals surface area contributed by atoms with Gasteiger partial charge < -0.3 is 10.3 Å². The number of aryl methyl sites for hydroxylation is 1. The van der Waals surface area contributed by atoms with Gasteiger partial charge in [-0.2, -0.15) is 0 Å². The van der Waals surface area contributed by atoms with E-state index >= 15 is 0 Å². The average Bonchev–Trinajstić information content (AvgIpc) is 2.38. The van der Waals surface area contributed by atoms with Crippen LogP contribution >= 0.6 is 11.8 Å². The molecular weight excluding hydrogens is 289 g/mol. The normalized spacial score (nSPS) is 11.1. The molecule has 2 aromatic rings. The van der Waals surface area contributed by atoms with E-state index in [2.05, 4.69) is 15.3 Å². The van der Waals surface area contributed by atoms with Gasteiger partial charge in [0.25, 0.3) is 5.56 Å². The molecule has 1 aromatic carbocycles. The SMILES string of the molecule is Cc1cc(=O)[nH]c(Sc2c(F)cccc2CNC(C)C)n1. The lowest BCUT2D eigenvalue weighted by molar-refractivity contribution is 0.564. The fourth-order valence-corrected chi connectivity index (χ4v) is 2.79. The molecule has 0 saturated carbocycles. The van der Waals surface area contributed by atoms with Crippen molar-refractivity contribution in [2.45, 2.75) is 43.4 Å². The summed E-state index contributed by atoms with van der Waals surface area (Å²) in [6, 6.07) is 6.68. The topological polar surface area (TPSA) is 57.8 Å². The van der Waals surface area contributed by atoms with Gasteiger partial charge in [-0.15, -0.1) is 0 Å². The zero-order valence-electron chi connectivity index (χ0n) is 12.2. The maximum absolute atomic E-state index is 14.1. The number of aromatic amines is 1. The van der Waals surface area contributed by atoms with E-state index in [4.69, 9.17) is 0 Å². The number of hydrogen-bond donors (Lipinski definition) is 2. The van der Waals surface area contributed by atoms with Gasteiger partial charge in [-0.1, -0.05) is 26.0 Å². The summed E-state index contributed by atoms with van der Waals surface area (Å²) in [5.41, 5.74) is 1.22. The Hall–Kier alpha value is -1.66. The van der Waals surface area contributed by atoms with E-state index in [1.807, 2.05) is 19.9 Å². The molecule has 0 aliphatic rings. The predicted molar refractivity (Wildman–Crippen MR) is 82.1 cm³/mol. The average molecular weight is 307 g/mol. The van der Waals surface area contributed by atoms with E-state index in [1.165, 1.54) is 12.1 Å². The number of H-pyrrole nitrogens is 1. The Kier molecular flexibility index (Phi) is 5.14. The van der Waals surface area contributed by atoms with Gasteiger partial charge in [-0.25, -0.2) is 9.37 Å². The Labute approximate surface area is 127 Å². The molecule has 6 heteroatoms. The molecule has 21 heavy (non-hydrogen) atoms. The smallest absolute Gasteiger partial charge is 0.251 e. The number of rotatable bonds is 5. The Morgan fingerprint density at radius 3 is 2.86 bits per heavy atom. The number of hydrogen-bond acceptors (Lipinski definition) is 4. The summed E-state index contributed by atoms with van der Waals surface area (Å²) in [5, 5.41) is 3.66. The molecular formula is C15H18FN3OS. The summed E-state index contributed by atoms with van der Waals surface area (Å²) < 4.78 is 14.1. The van der Waals surface area contributed by atoms with Gasteiger partial charge in [-0.3, -0.25) is 4.79 Å². The van der Waals surface area contributed by atoms with Crippen LogP contribution in [0.4, 0.5) is 4.39 Å². The third-order valence-electron chi connectivity index (χ3n) is 2.80. The molecule has 0 aliphatic heterocycles. The first-order valence-electron chi connectivity index (χ1n) is 6.72. The van der Waals surface area contributed by atoms with Crippen molar-refractivity contribution >= 4 is 11.8 Å². The standard InChI is InChI=1S/C15H18FN3OS/c1-9(2)17-8-11-5-4-6-12(16)14(11)21-15-18-10(3)7-13(20)19-15/h4-7,9,17H,8H2,1-3H3,(H,18,19,20). The first-order chi connectivity index (χ1) is 9.95. The van der Waals surface area contributed by atoms with Crippen LogP contribution in [0.5, 0.6) is 0 Å². The van der Waals surface area contributed by atoms with Crippen LogP contribution in [0, 0.1) is 12.7 Å². The summed E-state index contributed by atoms with van der Waals surface area (Å²) >= 11 is 1.14. The molecule has 0 amide bonds. The number of nitrogens with zero attached hydrogens (tertiary/aromatic N) is 1. The van der Waals surface area contributed by atoms with Crippen LogP contribution < -0.4 is 10.9 Å². The Balaban J connectivity index is 2.31. The minimum Gasteiger partial charge on any atom is -0.310 e. The first kappa shape index (κ1) is 15.7. The Morgan fingerprint density at radius 1 is 1.43 bits per heavy atom. The van der Waals surface area contributed by atoms with Crippen LogP contribution in [-0.2, 0) is 6.54 Å². The minimum absolute atomic E-state index is 0.233. The maximum Gasteiger partial charge on any atom is 0.251 e.